The van der Waals surface area contributed by atoms with Crippen LogP contribution in [0.5, 0.6) is 5.75 Å². The first-order valence-corrected chi connectivity index (χ1v) is 13.4. The van der Waals surface area contributed by atoms with Crippen molar-refractivity contribution in [2.75, 3.05) is 39.3 Å². The van der Waals surface area contributed by atoms with E-state index in [9.17, 15) is 22.8 Å². The predicted molar refractivity (Wildman–Crippen MR) is 149 cm³/mol. The molecule has 0 fully saturated rings. The quantitative estimate of drug-likeness (QED) is 0.189. The number of rotatable bonds is 16. The fourth-order valence-corrected chi connectivity index (χ4v) is 3.72. The summed E-state index contributed by atoms with van der Waals surface area (Å²) in [5, 5.41) is 17.5. The lowest BCUT2D eigenvalue weighted by Gasteiger charge is -2.15. The normalized spacial score (nSPS) is 12.7. The average Bonchev–Trinajstić information content (AvgIpc) is 2.95. The minimum Gasteiger partial charge on any atom is -0.475 e. The van der Waals surface area contributed by atoms with Crippen LogP contribution in [-0.4, -0.2) is 68.1 Å². The maximum atomic E-state index is 12.6. The third-order valence-electron chi connectivity index (χ3n) is 5.87. The van der Waals surface area contributed by atoms with Gasteiger partial charge in [-0.15, -0.1) is 0 Å². The highest BCUT2D eigenvalue weighted by Crippen LogP contribution is 2.24. The van der Waals surface area contributed by atoms with E-state index in [0.717, 1.165) is 64.2 Å². The number of alkyl halides is 3. The Hall–Kier alpha value is -3.58. The SMILES string of the molecule is NCCCNCCCCNCCCNCc1ccc(OC2=CC(=O)c3ccccc3C2=O)cc1.O=C(O)C(F)(F)F. The van der Waals surface area contributed by atoms with Gasteiger partial charge in [0, 0.05) is 23.7 Å². The van der Waals surface area contributed by atoms with Crippen molar-refractivity contribution in [2.45, 2.75) is 38.4 Å². The Labute approximate surface area is 237 Å². The van der Waals surface area contributed by atoms with Gasteiger partial charge >= 0.3 is 12.1 Å². The zero-order chi connectivity index (χ0) is 30.1. The molecule has 0 saturated carbocycles. The van der Waals surface area contributed by atoms with Crippen LogP contribution in [0.1, 0.15) is 52.0 Å². The second-order valence-electron chi connectivity index (χ2n) is 9.18. The number of ketones is 2. The highest BCUT2D eigenvalue weighted by Gasteiger charge is 2.38. The number of carbonyl (C=O) groups excluding carboxylic acids is 2. The molecule has 0 saturated heterocycles. The summed E-state index contributed by atoms with van der Waals surface area (Å²) < 4.78 is 37.5. The van der Waals surface area contributed by atoms with E-state index in [1.54, 1.807) is 24.3 Å². The van der Waals surface area contributed by atoms with Gasteiger partial charge in [0.25, 0.3) is 0 Å². The number of unbranched alkanes of at least 4 members (excludes halogenated alkanes) is 1. The van der Waals surface area contributed by atoms with E-state index >= 15 is 0 Å². The van der Waals surface area contributed by atoms with Gasteiger partial charge in [0.1, 0.15) is 5.75 Å². The molecule has 41 heavy (non-hydrogen) atoms. The van der Waals surface area contributed by atoms with Crippen LogP contribution in [0.4, 0.5) is 13.2 Å². The monoisotopic (exact) mass is 578 g/mol. The molecule has 1 aliphatic carbocycles. The van der Waals surface area contributed by atoms with Crippen molar-refractivity contribution in [1.29, 1.82) is 0 Å². The summed E-state index contributed by atoms with van der Waals surface area (Å²) >= 11 is 0. The van der Waals surface area contributed by atoms with Crippen LogP contribution in [0, 0.1) is 0 Å². The molecule has 1 aliphatic rings. The maximum absolute atomic E-state index is 12.6. The van der Waals surface area contributed by atoms with E-state index < -0.39 is 12.1 Å². The van der Waals surface area contributed by atoms with Crippen LogP contribution in [0.25, 0.3) is 0 Å². The van der Waals surface area contributed by atoms with Gasteiger partial charge in [-0.05, 0) is 82.6 Å². The Morgan fingerprint density at radius 2 is 1.34 bits per heavy atom. The number of nitrogens with one attached hydrogen (secondary N) is 3. The lowest BCUT2D eigenvalue weighted by Crippen LogP contribution is -2.24. The average molecular weight is 579 g/mol. The molecule has 224 valence electrons. The Balaban J connectivity index is 0.000000745. The van der Waals surface area contributed by atoms with Gasteiger partial charge in [0.05, 0.1) is 0 Å². The first-order valence-electron chi connectivity index (χ1n) is 13.4. The summed E-state index contributed by atoms with van der Waals surface area (Å²) in [4.78, 5) is 33.8. The number of carbonyl (C=O) groups is 3. The lowest BCUT2D eigenvalue weighted by molar-refractivity contribution is -0.192. The summed E-state index contributed by atoms with van der Waals surface area (Å²) in [6.07, 6.45) is 0.668. The molecule has 2 aromatic rings. The molecule has 3 rings (SSSR count). The number of halogens is 3. The molecule has 0 unspecified atom stereocenters. The fraction of sp³-hybridized carbons (Fsp3) is 0.414. The molecule has 2 aromatic carbocycles. The molecule has 9 nitrogen and oxygen atoms in total. The number of hydrogen-bond donors (Lipinski definition) is 5. The van der Waals surface area contributed by atoms with Gasteiger partial charge in [-0.2, -0.15) is 13.2 Å². The van der Waals surface area contributed by atoms with Crippen LogP contribution in [0.3, 0.4) is 0 Å². The fourth-order valence-electron chi connectivity index (χ4n) is 3.72. The van der Waals surface area contributed by atoms with Crippen molar-refractivity contribution in [3.8, 4) is 5.75 Å². The maximum Gasteiger partial charge on any atom is 0.490 e. The van der Waals surface area contributed by atoms with Crippen molar-refractivity contribution < 1.29 is 37.4 Å². The van der Waals surface area contributed by atoms with E-state index in [1.165, 1.54) is 18.9 Å². The van der Waals surface area contributed by atoms with E-state index in [2.05, 4.69) is 16.0 Å². The summed E-state index contributed by atoms with van der Waals surface area (Å²) in [6, 6.07) is 14.4. The van der Waals surface area contributed by atoms with Gasteiger partial charge in [-0.1, -0.05) is 36.4 Å². The molecule has 0 heterocycles. The molecule has 12 heteroatoms. The first-order chi connectivity index (χ1) is 19.6. The number of fused-ring (bicyclic) bond motifs is 1. The van der Waals surface area contributed by atoms with Gasteiger partial charge in [-0.25, -0.2) is 4.79 Å². The Morgan fingerprint density at radius 3 is 1.93 bits per heavy atom. The molecular formula is C29H37F3N4O5. The molecule has 0 spiro atoms. The highest BCUT2D eigenvalue weighted by atomic mass is 19.4. The lowest BCUT2D eigenvalue weighted by atomic mass is 9.94. The predicted octanol–water partition coefficient (Wildman–Crippen LogP) is 3.45. The molecule has 0 aliphatic heterocycles. The van der Waals surface area contributed by atoms with Crippen molar-refractivity contribution >= 4 is 17.5 Å². The first kappa shape index (κ1) is 33.6. The van der Waals surface area contributed by atoms with Crippen molar-refractivity contribution in [1.82, 2.24) is 16.0 Å². The third-order valence-corrected chi connectivity index (χ3v) is 5.87. The zero-order valence-electron chi connectivity index (χ0n) is 22.8. The minimum atomic E-state index is -5.08. The van der Waals surface area contributed by atoms with Gasteiger partial charge < -0.3 is 31.5 Å². The van der Waals surface area contributed by atoms with E-state index in [1.807, 2.05) is 24.3 Å². The Morgan fingerprint density at radius 1 is 0.805 bits per heavy atom. The Kier molecular flexibility index (Phi) is 14.7. The number of aliphatic carboxylic acids is 1. The molecule has 0 aromatic heterocycles. The third kappa shape index (κ3) is 12.6. The molecule has 0 radical (unpaired) electrons. The highest BCUT2D eigenvalue weighted by molar-refractivity contribution is 6.23. The number of nitrogens with two attached hydrogens (primary N) is 1. The largest absolute Gasteiger partial charge is 0.490 e. The van der Waals surface area contributed by atoms with Crippen molar-refractivity contribution in [3.63, 3.8) is 0 Å². The van der Waals surface area contributed by atoms with Crippen LogP contribution in [-0.2, 0) is 11.3 Å². The molecule has 0 amide bonds. The Bertz CT molecular complexity index is 1150. The zero-order valence-corrected chi connectivity index (χ0v) is 22.8. The van der Waals surface area contributed by atoms with Crippen molar-refractivity contribution in [2.24, 2.45) is 5.73 Å². The van der Waals surface area contributed by atoms with E-state index in [-0.39, 0.29) is 17.3 Å². The van der Waals surface area contributed by atoms with Crippen molar-refractivity contribution in [3.05, 3.63) is 77.1 Å². The van der Waals surface area contributed by atoms with Crippen LogP contribution < -0.4 is 26.4 Å². The second-order valence-corrected chi connectivity index (χ2v) is 9.18. The number of carboxylic acid groups (broad SMARTS) is 1. The van der Waals surface area contributed by atoms with E-state index in [0.29, 0.717) is 16.9 Å². The van der Waals surface area contributed by atoms with Gasteiger partial charge in [0.2, 0.25) is 5.78 Å². The minimum absolute atomic E-state index is 0.0601. The summed E-state index contributed by atoms with van der Waals surface area (Å²) in [6.45, 7) is 6.59. The van der Waals surface area contributed by atoms with Crippen LogP contribution in [0.2, 0.25) is 0 Å². The van der Waals surface area contributed by atoms with Gasteiger partial charge in [-0.3, -0.25) is 9.59 Å². The van der Waals surface area contributed by atoms with Crippen LogP contribution in [0.15, 0.2) is 60.4 Å². The summed E-state index contributed by atoms with van der Waals surface area (Å²) in [5.41, 5.74) is 7.40. The summed E-state index contributed by atoms with van der Waals surface area (Å²) in [7, 11) is 0. The molecule has 6 N–H and O–H groups in total. The number of ether oxygens (including phenoxy) is 1. The van der Waals surface area contributed by atoms with E-state index in [4.69, 9.17) is 20.4 Å². The molecular weight excluding hydrogens is 541 g/mol. The number of hydrogen-bond acceptors (Lipinski definition) is 8. The number of benzene rings is 2. The number of allylic oxidation sites excluding steroid dienone is 2. The molecule has 0 atom stereocenters. The number of carboxylic acids is 1. The summed E-state index contributed by atoms with van der Waals surface area (Å²) in [5.74, 6) is -2.64. The topological polar surface area (TPSA) is 143 Å². The molecule has 0 bridgehead atoms. The van der Waals surface area contributed by atoms with Gasteiger partial charge in [0.15, 0.2) is 11.5 Å². The standard InChI is InChI=1S/C27H36N4O3.C2HF3O2/c28-13-5-16-29-14-3-4-15-30-17-6-18-31-20-21-9-11-22(12-10-21)34-26-19-25(32)23-7-1-2-8-24(23)27(26)33;3-2(4,5)1(6)7/h1-2,7-12,19,29-31H,3-6,13-18,20,28H2;(H,6,7). The van der Waals surface area contributed by atoms with Crippen LogP contribution >= 0.6 is 0 Å². The number of Topliss-reactive ketones (excluding diaryl/α,β-unsaturated/α-hetero) is 1. The smallest absolute Gasteiger partial charge is 0.475 e. The second kappa shape index (κ2) is 18.0.